The van der Waals surface area contributed by atoms with Crippen molar-refractivity contribution < 1.29 is 21.6 Å². The molecule has 0 spiro atoms. The zero-order valence-electron chi connectivity index (χ0n) is 11.3. The number of alkyl halides is 3. The molecule has 1 aliphatic rings. The Morgan fingerprint density at radius 1 is 1.33 bits per heavy atom. The van der Waals surface area contributed by atoms with Gasteiger partial charge < -0.3 is 11.1 Å². The standard InChI is InChI=1S/C12H16F3N3O2S/c1-2-17-21(19,20)8-3-4-9(16)10(7-8)18-11(5-6-11)12(13,14)15/h3-4,7,17-18H,2,5-6,16H2,1H3. The Balaban J connectivity index is 2.34. The van der Waals surface area contributed by atoms with E-state index in [2.05, 4.69) is 10.0 Å². The summed E-state index contributed by atoms with van der Waals surface area (Å²) in [5.74, 6) is 0. The van der Waals surface area contributed by atoms with Crippen LogP contribution in [0.5, 0.6) is 0 Å². The Morgan fingerprint density at radius 3 is 2.43 bits per heavy atom. The molecule has 0 atom stereocenters. The SMILES string of the molecule is CCNS(=O)(=O)c1ccc(N)c(NC2(C(F)(F)F)CC2)c1. The van der Waals surface area contributed by atoms with E-state index in [4.69, 9.17) is 5.73 Å². The molecule has 1 fully saturated rings. The van der Waals surface area contributed by atoms with Crippen LogP contribution in [0.2, 0.25) is 0 Å². The van der Waals surface area contributed by atoms with Gasteiger partial charge in [-0.05, 0) is 31.0 Å². The molecule has 1 saturated carbocycles. The Kier molecular flexibility index (Phi) is 3.83. The first-order chi connectivity index (χ1) is 9.61. The van der Waals surface area contributed by atoms with Gasteiger partial charge in [0.05, 0.1) is 16.3 Å². The first-order valence-corrected chi connectivity index (χ1v) is 7.84. The molecule has 2 rings (SSSR count). The van der Waals surface area contributed by atoms with Crippen LogP contribution in [0.4, 0.5) is 24.5 Å². The summed E-state index contributed by atoms with van der Waals surface area (Å²) in [4.78, 5) is -0.126. The van der Waals surface area contributed by atoms with Gasteiger partial charge in [0.2, 0.25) is 10.0 Å². The van der Waals surface area contributed by atoms with Crippen molar-refractivity contribution >= 4 is 21.4 Å². The van der Waals surface area contributed by atoms with E-state index in [0.717, 1.165) is 6.07 Å². The number of benzene rings is 1. The van der Waals surface area contributed by atoms with E-state index in [1.165, 1.54) is 12.1 Å². The molecule has 1 aromatic rings. The second-order valence-corrected chi connectivity index (χ2v) is 6.72. The van der Waals surface area contributed by atoms with Crippen LogP contribution >= 0.6 is 0 Å². The molecule has 0 unspecified atom stereocenters. The first-order valence-electron chi connectivity index (χ1n) is 6.35. The Morgan fingerprint density at radius 2 is 1.95 bits per heavy atom. The molecule has 1 aromatic carbocycles. The van der Waals surface area contributed by atoms with Crippen molar-refractivity contribution in [2.24, 2.45) is 0 Å². The van der Waals surface area contributed by atoms with Crippen LogP contribution in [-0.4, -0.2) is 26.7 Å². The number of nitrogens with one attached hydrogen (secondary N) is 2. The number of hydrogen-bond acceptors (Lipinski definition) is 4. The second-order valence-electron chi connectivity index (χ2n) is 4.96. The molecular formula is C12H16F3N3O2S. The van der Waals surface area contributed by atoms with Crippen molar-refractivity contribution in [1.29, 1.82) is 0 Å². The predicted molar refractivity (Wildman–Crippen MR) is 73.4 cm³/mol. The third-order valence-corrected chi connectivity index (χ3v) is 4.88. The van der Waals surface area contributed by atoms with Crippen LogP contribution in [0.3, 0.4) is 0 Å². The lowest BCUT2D eigenvalue weighted by Crippen LogP contribution is -2.38. The normalized spacial score (nSPS) is 17.5. The summed E-state index contributed by atoms with van der Waals surface area (Å²) in [7, 11) is -3.75. The molecule has 0 amide bonds. The molecular weight excluding hydrogens is 307 g/mol. The minimum Gasteiger partial charge on any atom is -0.397 e. The van der Waals surface area contributed by atoms with Gasteiger partial charge >= 0.3 is 6.18 Å². The molecule has 0 bridgehead atoms. The highest BCUT2D eigenvalue weighted by atomic mass is 32.2. The van der Waals surface area contributed by atoms with Crippen LogP contribution in [0, 0.1) is 0 Å². The van der Waals surface area contributed by atoms with Crippen LogP contribution < -0.4 is 15.8 Å². The molecule has 0 heterocycles. The Hall–Kier alpha value is -1.48. The highest BCUT2D eigenvalue weighted by Crippen LogP contribution is 2.51. The highest BCUT2D eigenvalue weighted by Gasteiger charge is 2.63. The smallest absolute Gasteiger partial charge is 0.397 e. The van der Waals surface area contributed by atoms with Crippen molar-refractivity contribution in [3.63, 3.8) is 0 Å². The zero-order valence-corrected chi connectivity index (χ0v) is 12.1. The molecule has 0 aliphatic heterocycles. The molecule has 118 valence electrons. The minimum atomic E-state index is -4.41. The van der Waals surface area contributed by atoms with E-state index in [1.807, 2.05) is 0 Å². The average molecular weight is 323 g/mol. The predicted octanol–water partition coefficient (Wildman–Crippen LogP) is 2.07. The summed E-state index contributed by atoms with van der Waals surface area (Å²) in [6.07, 6.45) is -4.52. The number of halogens is 3. The van der Waals surface area contributed by atoms with Gasteiger partial charge in [-0.3, -0.25) is 0 Å². The third kappa shape index (κ3) is 3.08. The maximum atomic E-state index is 12.9. The third-order valence-electron chi connectivity index (χ3n) is 3.34. The number of anilines is 2. The second kappa shape index (κ2) is 5.06. The van der Waals surface area contributed by atoms with Crippen LogP contribution in [0.15, 0.2) is 23.1 Å². The van der Waals surface area contributed by atoms with E-state index in [9.17, 15) is 21.6 Å². The maximum absolute atomic E-state index is 12.9. The van der Waals surface area contributed by atoms with Crippen LogP contribution in [-0.2, 0) is 10.0 Å². The van der Waals surface area contributed by atoms with Crippen molar-refractivity contribution in [2.45, 2.75) is 36.4 Å². The van der Waals surface area contributed by atoms with Gasteiger partial charge in [0.25, 0.3) is 0 Å². The Bertz CT molecular complexity index is 640. The fourth-order valence-electron chi connectivity index (χ4n) is 1.95. The molecule has 4 N–H and O–H groups in total. The monoisotopic (exact) mass is 323 g/mol. The molecule has 0 saturated heterocycles. The van der Waals surface area contributed by atoms with E-state index in [0.29, 0.717) is 0 Å². The average Bonchev–Trinajstić information content (AvgIpc) is 3.12. The summed E-state index contributed by atoms with van der Waals surface area (Å²) in [6.45, 7) is 1.79. The van der Waals surface area contributed by atoms with Gasteiger partial charge in [-0.15, -0.1) is 0 Å². The molecule has 21 heavy (non-hydrogen) atoms. The first kappa shape index (κ1) is 15.9. The molecule has 0 radical (unpaired) electrons. The quantitative estimate of drug-likeness (QED) is 0.724. The minimum absolute atomic E-state index is 0.0243. The topological polar surface area (TPSA) is 84.2 Å². The molecule has 1 aliphatic carbocycles. The summed E-state index contributed by atoms with van der Waals surface area (Å²) in [5.41, 5.74) is 3.69. The number of sulfonamides is 1. The van der Waals surface area contributed by atoms with E-state index >= 15 is 0 Å². The van der Waals surface area contributed by atoms with E-state index in [1.54, 1.807) is 6.92 Å². The fourth-order valence-corrected chi connectivity index (χ4v) is 3.01. The van der Waals surface area contributed by atoms with Crippen molar-refractivity contribution in [3.8, 4) is 0 Å². The molecule has 5 nitrogen and oxygen atoms in total. The summed E-state index contributed by atoms with van der Waals surface area (Å²) in [5, 5.41) is 2.35. The number of nitrogens with two attached hydrogens (primary N) is 1. The van der Waals surface area contributed by atoms with E-state index in [-0.39, 0.29) is 35.7 Å². The lowest BCUT2D eigenvalue weighted by atomic mass is 10.2. The Labute approximate surface area is 120 Å². The van der Waals surface area contributed by atoms with Crippen LogP contribution in [0.25, 0.3) is 0 Å². The van der Waals surface area contributed by atoms with E-state index < -0.39 is 21.7 Å². The largest absolute Gasteiger partial charge is 0.411 e. The van der Waals surface area contributed by atoms with Gasteiger partial charge in [0, 0.05) is 6.54 Å². The van der Waals surface area contributed by atoms with Crippen LogP contribution in [0.1, 0.15) is 19.8 Å². The van der Waals surface area contributed by atoms with Gasteiger partial charge in [-0.2, -0.15) is 13.2 Å². The van der Waals surface area contributed by atoms with Crippen molar-refractivity contribution in [2.75, 3.05) is 17.6 Å². The number of rotatable bonds is 5. The van der Waals surface area contributed by atoms with Gasteiger partial charge in [-0.1, -0.05) is 6.92 Å². The molecule has 0 aromatic heterocycles. The lowest BCUT2D eigenvalue weighted by Gasteiger charge is -2.23. The van der Waals surface area contributed by atoms with Gasteiger partial charge in [-0.25, -0.2) is 13.1 Å². The van der Waals surface area contributed by atoms with Gasteiger partial charge in [0.15, 0.2) is 0 Å². The number of nitrogen functional groups attached to an aromatic ring is 1. The highest BCUT2D eigenvalue weighted by molar-refractivity contribution is 7.89. The summed E-state index contributed by atoms with van der Waals surface area (Å²) in [6, 6.07) is 3.66. The summed E-state index contributed by atoms with van der Waals surface area (Å²) < 4.78 is 64.8. The summed E-state index contributed by atoms with van der Waals surface area (Å²) >= 11 is 0. The maximum Gasteiger partial charge on any atom is 0.411 e. The fraction of sp³-hybridized carbons (Fsp3) is 0.500. The van der Waals surface area contributed by atoms with Crippen molar-refractivity contribution in [3.05, 3.63) is 18.2 Å². The number of hydrogen-bond donors (Lipinski definition) is 3. The van der Waals surface area contributed by atoms with Gasteiger partial charge in [0.1, 0.15) is 5.54 Å². The lowest BCUT2D eigenvalue weighted by molar-refractivity contribution is -0.151. The molecule has 9 heteroatoms. The van der Waals surface area contributed by atoms with Crippen molar-refractivity contribution in [1.82, 2.24) is 4.72 Å². The zero-order chi connectivity index (χ0) is 15.9.